The van der Waals surface area contributed by atoms with Crippen LogP contribution in [0.1, 0.15) is 51.3 Å². The molecule has 26 heavy (non-hydrogen) atoms. The summed E-state index contributed by atoms with van der Waals surface area (Å²) in [7, 11) is 0. The molecule has 1 aliphatic rings. The van der Waals surface area contributed by atoms with E-state index in [-0.39, 0.29) is 10.8 Å². The molecule has 0 saturated heterocycles. The second-order valence-electron chi connectivity index (χ2n) is 8.95. The SMILES string of the molecule is CC(C)(C)c1ccc2c(c1)C(C)(C)c1cccc(-c3ccccc3N)c1-2. The molecule has 3 aromatic rings. The van der Waals surface area contributed by atoms with Gasteiger partial charge in [0.05, 0.1) is 0 Å². The topological polar surface area (TPSA) is 26.0 Å². The molecule has 0 unspecified atom stereocenters. The van der Waals surface area contributed by atoms with E-state index in [2.05, 4.69) is 83.1 Å². The van der Waals surface area contributed by atoms with E-state index in [0.29, 0.717) is 0 Å². The van der Waals surface area contributed by atoms with Gasteiger partial charge in [0, 0.05) is 16.7 Å². The number of para-hydroxylation sites is 1. The van der Waals surface area contributed by atoms with Gasteiger partial charge in [-0.2, -0.15) is 0 Å². The van der Waals surface area contributed by atoms with Crippen molar-refractivity contribution < 1.29 is 0 Å². The average molecular weight is 341 g/mol. The summed E-state index contributed by atoms with van der Waals surface area (Å²) in [5, 5.41) is 0. The maximum Gasteiger partial charge on any atom is 0.0393 e. The lowest BCUT2D eigenvalue weighted by atomic mass is 9.79. The van der Waals surface area contributed by atoms with Crippen LogP contribution in [0.2, 0.25) is 0 Å². The summed E-state index contributed by atoms with van der Waals surface area (Å²) in [6.07, 6.45) is 0. The van der Waals surface area contributed by atoms with Crippen molar-refractivity contribution in [3.63, 3.8) is 0 Å². The predicted molar refractivity (Wildman–Crippen MR) is 113 cm³/mol. The van der Waals surface area contributed by atoms with Gasteiger partial charge < -0.3 is 5.73 Å². The molecule has 1 heteroatoms. The molecule has 0 saturated carbocycles. The van der Waals surface area contributed by atoms with Gasteiger partial charge in [-0.1, -0.05) is 89.2 Å². The van der Waals surface area contributed by atoms with Crippen molar-refractivity contribution in [1.29, 1.82) is 0 Å². The zero-order chi connectivity index (χ0) is 18.7. The van der Waals surface area contributed by atoms with Crippen molar-refractivity contribution in [2.24, 2.45) is 0 Å². The normalized spacial score (nSPS) is 14.8. The second-order valence-corrected chi connectivity index (χ2v) is 8.95. The van der Waals surface area contributed by atoms with Crippen molar-refractivity contribution in [3.05, 3.63) is 77.4 Å². The number of benzene rings is 3. The van der Waals surface area contributed by atoms with Crippen LogP contribution in [-0.4, -0.2) is 0 Å². The molecular weight excluding hydrogens is 314 g/mol. The maximum absolute atomic E-state index is 6.32. The highest BCUT2D eigenvalue weighted by Crippen LogP contribution is 2.53. The quantitative estimate of drug-likeness (QED) is 0.500. The molecule has 1 nitrogen and oxygen atoms in total. The Morgan fingerprint density at radius 3 is 2.12 bits per heavy atom. The Morgan fingerprint density at radius 1 is 0.731 bits per heavy atom. The van der Waals surface area contributed by atoms with Gasteiger partial charge in [-0.25, -0.2) is 0 Å². The van der Waals surface area contributed by atoms with Crippen LogP contribution in [0.15, 0.2) is 60.7 Å². The minimum absolute atomic E-state index is 0.00845. The molecule has 132 valence electrons. The first kappa shape index (κ1) is 16.9. The average Bonchev–Trinajstić information content (AvgIpc) is 2.82. The zero-order valence-electron chi connectivity index (χ0n) is 16.4. The Kier molecular flexibility index (Phi) is 3.56. The van der Waals surface area contributed by atoms with Crippen LogP contribution in [0.4, 0.5) is 5.69 Å². The molecule has 2 N–H and O–H groups in total. The number of rotatable bonds is 1. The largest absolute Gasteiger partial charge is 0.398 e. The number of hydrogen-bond donors (Lipinski definition) is 1. The molecule has 4 rings (SSSR count). The van der Waals surface area contributed by atoms with Gasteiger partial charge in [-0.05, 0) is 44.9 Å². The van der Waals surface area contributed by atoms with Crippen molar-refractivity contribution >= 4 is 5.69 Å². The summed E-state index contributed by atoms with van der Waals surface area (Å²) in [4.78, 5) is 0. The zero-order valence-corrected chi connectivity index (χ0v) is 16.4. The van der Waals surface area contributed by atoms with Crippen molar-refractivity contribution in [3.8, 4) is 22.3 Å². The molecular formula is C25H27N. The van der Waals surface area contributed by atoms with E-state index in [4.69, 9.17) is 5.73 Å². The van der Waals surface area contributed by atoms with Crippen molar-refractivity contribution in [2.75, 3.05) is 5.73 Å². The third-order valence-corrected chi connectivity index (χ3v) is 5.82. The summed E-state index contributed by atoms with van der Waals surface area (Å²) in [5.41, 5.74) is 16.5. The van der Waals surface area contributed by atoms with Crippen LogP contribution in [0, 0.1) is 0 Å². The Morgan fingerprint density at radius 2 is 1.42 bits per heavy atom. The first-order valence-electron chi connectivity index (χ1n) is 9.35. The Hall–Kier alpha value is -2.54. The molecule has 0 fully saturated rings. The minimum Gasteiger partial charge on any atom is -0.398 e. The number of anilines is 1. The van der Waals surface area contributed by atoms with Crippen LogP contribution >= 0.6 is 0 Å². The van der Waals surface area contributed by atoms with Crippen LogP contribution < -0.4 is 5.73 Å². The standard InChI is InChI=1S/C25H27N/c1-24(2,3)16-13-14-19-21(15-16)25(4,5)20-11-8-10-18(23(19)20)17-9-6-7-12-22(17)26/h6-15H,26H2,1-5H3. The first-order chi connectivity index (χ1) is 12.2. The summed E-state index contributed by atoms with van der Waals surface area (Å²) >= 11 is 0. The molecule has 0 aliphatic heterocycles. The fourth-order valence-corrected chi connectivity index (χ4v) is 4.22. The summed E-state index contributed by atoms with van der Waals surface area (Å²) in [6.45, 7) is 11.5. The molecule has 0 amide bonds. The molecule has 0 bridgehead atoms. The van der Waals surface area contributed by atoms with E-state index in [1.54, 1.807) is 0 Å². The number of hydrogen-bond acceptors (Lipinski definition) is 1. The molecule has 0 heterocycles. The van der Waals surface area contributed by atoms with Gasteiger partial charge in [-0.15, -0.1) is 0 Å². The molecule has 0 atom stereocenters. The van der Waals surface area contributed by atoms with E-state index >= 15 is 0 Å². The lowest BCUT2D eigenvalue weighted by molar-refractivity contribution is 0.584. The minimum atomic E-state index is -0.00845. The Balaban J connectivity index is 2.02. The van der Waals surface area contributed by atoms with E-state index in [1.165, 1.54) is 33.4 Å². The van der Waals surface area contributed by atoms with Crippen LogP contribution in [0.5, 0.6) is 0 Å². The Labute approximate surface area is 156 Å². The molecule has 0 aromatic heterocycles. The summed E-state index contributed by atoms with van der Waals surface area (Å²) in [5.74, 6) is 0. The lowest BCUT2D eigenvalue weighted by Crippen LogP contribution is -2.17. The van der Waals surface area contributed by atoms with E-state index < -0.39 is 0 Å². The smallest absolute Gasteiger partial charge is 0.0393 e. The highest BCUT2D eigenvalue weighted by molar-refractivity contribution is 5.95. The van der Waals surface area contributed by atoms with Gasteiger partial charge >= 0.3 is 0 Å². The van der Waals surface area contributed by atoms with E-state index in [9.17, 15) is 0 Å². The van der Waals surface area contributed by atoms with Crippen LogP contribution in [-0.2, 0) is 10.8 Å². The predicted octanol–water partition coefficient (Wildman–Crippen LogP) is 6.54. The summed E-state index contributed by atoms with van der Waals surface area (Å²) < 4.78 is 0. The van der Waals surface area contributed by atoms with Gasteiger partial charge in [0.15, 0.2) is 0 Å². The highest BCUT2D eigenvalue weighted by atomic mass is 14.6. The third-order valence-electron chi connectivity index (χ3n) is 5.82. The van der Waals surface area contributed by atoms with E-state index in [1.807, 2.05) is 12.1 Å². The fraction of sp³-hybridized carbons (Fsp3) is 0.280. The lowest BCUT2D eigenvalue weighted by Gasteiger charge is -2.25. The molecule has 1 aliphatic carbocycles. The number of nitrogens with two attached hydrogens (primary N) is 1. The second kappa shape index (κ2) is 5.48. The molecule has 0 radical (unpaired) electrons. The highest BCUT2D eigenvalue weighted by Gasteiger charge is 2.37. The molecule has 3 aromatic carbocycles. The summed E-state index contributed by atoms with van der Waals surface area (Å²) in [6, 6.07) is 21.8. The van der Waals surface area contributed by atoms with Gasteiger partial charge in [0.2, 0.25) is 0 Å². The first-order valence-corrected chi connectivity index (χ1v) is 9.35. The monoisotopic (exact) mass is 341 g/mol. The van der Waals surface area contributed by atoms with Crippen molar-refractivity contribution in [2.45, 2.75) is 45.4 Å². The molecule has 0 spiro atoms. The van der Waals surface area contributed by atoms with E-state index in [0.717, 1.165) is 11.3 Å². The van der Waals surface area contributed by atoms with Crippen LogP contribution in [0.3, 0.4) is 0 Å². The van der Waals surface area contributed by atoms with Gasteiger partial charge in [0.25, 0.3) is 0 Å². The van der Waals surface area contributed by atoms with Crippen LogP contribution in [0.25, 0.3) is 22.3 Å². The number of nitrogen functional groups attached to an aromatic ring is 1. The van der Waals surface area contributed by atoms with Gasteiger partial charge in [0.1, 0.15) is 0 Å². The maximum atomic E-state index is 6.32. The number of fused-ring (bicyclic) bond motifs is 3. The van der Waals surface area contributed by atoms with Gasteiger partial charge in [-0.3, -0.25) is 0 Å². The third kappa shape index (κ3) is 2.38. The fourth-order valence-electron chi connectivity index (χ4n) is 4.22. The van der Waals surface area contributed by atoms with Crippen molar-refractivity contribution in [1.82, 2.24) is 0 Å². The Bertz CT molecular complexity index is 1000.